The minimum atomic E-state index is 0.334. The molecule has 0 aromatic carbocycles. The molecule has 2 aliphatic heterocycles. The zero-order valence-electron chi connectivity index (χ0n) is 11.3. The molecule has 3 nitrogen and oxygen atoms in total. The van der Waals surface area contributed by atoms with E-state index in [9.17, 15) is 5.11 Å². The molecule has 17 heavy (non-hydrogen) atoms. The first-order chi connectivity index (χ1) is 8.31. The van der Waals surface area contributed by atoms with E-state index in [4.69, 9.17) is 0 Å². The Labute approximate surface area is 106 Å². The summed E-state index contributed by atoms with van der Waals surface area (Å²) >= 11 is 0. The third kappa shape index (κ3) is 3.67. The molecule has 0 aromatic rings. The van der Waals surface area contributed by atoms with Gasteiger partial charge in [0.25, 0.3) is 0 Å². The number of rotatable bonds is 4. The van der Waals surface area contributed by atoms with Crippen LogP contribution in [0.2, 0.25) is 0 Å². The second-order valence-corrected chi connectivity index (χ2v) is 5.81. The van der Waals surface area contributed by atoms with Gasteiger partial charge in [-0.05, 0) is 51.2 Å². The first-order valence-corrected chi connectivity index (χ1v) is 7.38. The highest BCUT2D eigenvalue weighted by Crippen LogP contribution is 2.22. The smallest absolute Gasteiger partial charge is 0.0589 e. The van der Waals surface area contributed by atoms with Crippen LogP contribution in [0.25, 0.3) is 0 Å². The Morgan fingerprint density at radius 3 is 2.47 bits per heavy atom. The lowest BCUT2D eigenvalue weighted by Gasteiger charge is -2.40. The molecule has 0 saturated carbocycles. The van der Waals surface area contributed by atoms with Gasteiger partial charge in [0.1, 0.15) is 0 Å². The van der Waals surface area contributed by atoms with Gasteiger partial charge in [-0.3, -0.25) is 4.90 Å². The van der Waals surface area contributed by atoms with Crippen molar-refractivity contribution in [1.29, 1.82) is 0 Å². The van der Waals surface area contributed by atoms with Crippen molar-refractivity contribution in [2.75, 3.05) is 39.3 Å². The molecule has 2 atom stereocenters. The number of aliphatic hydroxyl groups excluding tert-OH is 1. The Morgan fingerprint density at radius 2 is 1.76 bits per heavy atom. The van der Waals surface area contributed by atoms with E-state index in [1.807, 2.05) is 0 Å². The number of piperidine rings is 2. The predicted molar refractivity (Wildman–Crippen MR) is 71.1 cm³/mol. The van der Waals surface area contributed by atoms with E-state index >= 15 is 0 Å². The number of aliphatic hydroxyl groups is 1. The summed E-state index contributed by atoms with van der Waals surface area (Å²) in [5.41, 5.74) is 0. The Morgan fingerprint density at radius 1 is 1.00 bits per heavy atom. The SMILES string of the molecule is CC1CCCN(CCN2CCCCC2)C1CO. The maximum atomic E-state index is 9.51. The largest absolute Gasteiger partial charge is 0.395 e. The van der Waals surface area contributed by atoms with E-state index in [0.29, 0.717) is 18.6 Å². The molecule has 2 rings (SSSR count). The van der Waals surface area contributed by atoms with Gasteiger partial charge in [0.05, 0.1) is 6.61 Å². The maximum absolute atomic E-state index is 9.51. The van der Waals surface area contributed by atoms with E-state index in [1.54, 1.807) is 0 Å². The van der Waals surface area contributed by atoms with Crippen molar-refractivity contribution in [1.82, 2.24) is 9.80 Å². The molecular formula is C14H28N2O. The van der Waals surface area contributed by atoms with E-state index in [2.05, 4.69) is 16.7 Å². The zero-order chi connectivity index (χ0) is 12.1. The molecule has 2 heterocycles. The normalized spacial score (nSPS) is 32.8. The summed E-state index contributed by atoms with van der Waals surface area (Å²) in [7, 11) is 0. The molecule has 0 spiro atoms. The van der Waals surface area contributed by atoms with Crippen LogP contribution in [0.1, 0.15) is 39.0 Å². The molecule has 2 fully saturated rings. The average Bonchev–Trinajstić information content (AvgIpc) is 2.37. The summed E-state index contributed by atoms with van der Waals surface area (Å²) in [5.74, 6) is 0.662. The van der Waals surface area contributed by atoms with Gasteiger partial charge in [-0.15, -0.1) is 0 Å². The van der Waals surface area contributed by atoms with Gasteiger partial charge in [-0.1, -0.05) is 13.3 Å². The fourth-order valence-electron chi connectivity index (χ4n) is 3.36. The van der Waals surface area contributed by atoms with Crippen molar-refractivity contribution >= 4 is 0 Å². The average molecular weight is 240 g/mol. The van der Waals surface area contributed by atoms with Crippen LogP contribution >= 0.6 is 0 Å². The van der Waals surface area contributed by atoms with Crippen molar-refractivity contribution in [3.05, 3.63) is 0 Å². The summed E-state index contributed by atoms with van der Waals surface area (Å²) < 4.78 is 0. The van der Waals surface area contributed by atoms with Crippen LogP contribution in [0.3, 0.4) is 0 Å². The lowest BCUT2D eigenvalue weighted by atomic mass is 9.91. The first-order valence-electron chi connectivity index (χ1n) is 7.38. The van der Waals surface area contributed by atoms with Crippen molar-refractivity contribution in [2.24, 2.45) is 5.92 Å². The second-order valence-electron chi connectivity index (χ2n) is 5.81. The van der Waals surface area contributed by atoms with Crippen molar-refractivity contribution in [3.63, 3.8) is 0 Å². The van der Waals surface area contributed by atoms with Gasteiger partial charge >= 0.3 is 0 Å². The van der Waals surface area contributed by atoms with E-state index in [0.717, 1.165) is 6.54 Å². The van der Waals surface area contributed by atoms with Gasteiger partial charge in [0, 0.05) is 19.1 Å². The van der Waals surface area contributed by atoms with Crippen LogP contribution in [0, 0.1) is 5.92 Å². The third-order valence-electron chi connectivity index (χ3n) is 4.57. The highest BCUT2D eigenvalue weighted by Gasteiger charge is 2.27. The van der Waals surface area contributed by atoms with Crippen LogP contribution < -0.4 is 0 Å². The van der Waals surface area contributed by atoms with Gasteiger partial charge in [-0.25, -0.2) is 0 Å². The molecule has 2 unspecified atom stereocenters. The van der Waals surface area contributed by atoms with Crippen LogP contribution in [0.5, 0.6) is 0 Å². The van der Waals surface area contributed by atoms with E-state index in [1.165, 1.54) is 58.3 Å². The molecule has 0 bridgehead atoms. The third-order valence-corrected chi connectivity index (χ3v) is 4.57. The minimum Gasteiger partial charge on any atom is -0.395 e. The van der Waals surface area contributed by atoms with E-state index < -0.39 is 0 Å². The van der Waals surface area contributed by atoms with Gasteiger partial charge in [0.2, 0.25) is 0 Å². The molecule has 3 heteroatoms. The number of hydrogen-bond acceptors (Lipinski definition) is 3. The van der Waals surface area contributed by atoms with Gasteiger partial charge in [0.15, 0.2) is 0 Å². The first kappa shape index (κ1) is 13.3. The number of hydrogen-bond donors (Lipinski definition) is 1. The van der Waals surface area contributed by atoms with Crippen molar-refractivity contribution in [2.45, 2.75) is 45.1 Å². The fourth-order valence-corrected chi connectivity index (χ4v) is 3.36. The summed E-state index contributed by atoms with van der Waals surface area (Å²) in [5, 5.41) is 9.51. The lowest BCUT2D eigenvalue weighted by molar-refractivity contribution is 0.0436. The summed E-state index contributed by atoms with van der Waals surface area (Å²) in [6.45, 7) is 8.72. The van der Waals surface area contributed by atoms with Crippen LogP contribution in [-0.4, -0.2) is 60.3 Å². The van der Waals surface area contributed by atoms with E-state index in [-0.39, 0.29) is 0 Å². The minimum absolute atomic E-state index is 0.334. The quantitative estimate of drug-likeness (QED) is 0.808. The highest BCUT2D eigenvalue weighted by atomic mass is 16.3. The topological polar surface area (TPSA) is 26.7 Å². The molecular weight excluding hydrogens is 212 g/mol. The Balaban J connectivity index is 1.76. The van der Waals surface area contributed by atoms with Crippen LogP contribution in [0.4, 0.5) is 0 Å². The molecule has 0 aromatic heterocycles. The van der Waals surface area contributed by atoms with Gasteiger partial charge in [-0.2, -0.15) is 0 Å². The lowest BCUT2D eigenvalue weighted by Crippen LogP contribution is -2.49. The molecule has 0 aliphatic carbocycles. The molecule has 1 N–H and O–H groups in total. The molecule has 0 amide bonds. The monoisotopic (exact) mass is 240 g/mol. The Kier molecular flexibility index (Phi) is 5.26. The molecule has 2 saturated heterocycles. The molecule has 100 valence electrons. The Hall–Kier alpha value is -0.120. The van der Waals surface area contributed by atoms with Crippen LogP contribution in [0.15, 0.2) is 0 Å². The van der Waals surface area contributed by atoms with Crippen molar-refractivity contribution < 1.29 is 5.11 Å². The highest BCUT2D eigenvalue weighted by molar-refractivity contribution is 4.82. The summed E-state index contributed by atoms with van der Waals surface area (Å²) in [6, 6.07) is 0.411. The number of nitrogens with zero attached hydrogens (tertiary/aromatic N) is 2. The zero-order valence-corrected chi connectivity index (χ0v) is 11.3. The summed E-state index contributed by atoms with van der Waals surface area (Å²) in [6.07, 6.45) is 6.75. The number of likely N-dealkylation sites (tertiary alicyclic amines) is 2. The van der Waals surface area contributed by atoms with Gasteiger partial charge < -0.3 is 10.0 Å². The van der Waals surface area contributed by atoms with Crippen molar-refractivity contribution in [3.8, 4) is 0 Å². The second kappa shape index (κ2) is 6.72. The Bertz CT molecular complexity index is 216. The van der Waals surface area contributed by atoms with Crippen LogP contribution in [-0.2, 0) is 0 Å². The maximum Gasteiger partial charge on any atom is 0.0589 e. The summed E-state index contributed by atoms with van der Waals surface area (Å²) in [4.78, 5) is 5.11. The molecule has 0 radical (unpaired) electrons. The standard InChI is InChI=1S/C14H28N2O/c1-13-6-5-9-16(14(13)12-17)11-10-15-7-3-2-4-8-15/h13-14,17H,2-12H2,1H3. The molecule has 2 aliphatic rings. The fraction of sp³-hybridized carbons (Fsp3) is 1.00. The predicted octanol–water partition coefficient (Wildman–Crippen LogP) is 1.57.